The third-order valence-corrected chi connectivity index (χ3v) is 1.99. The number of anilines is 1. The van der Waals surface area contributed by atoms with Crippen molar-refractivity contribution in [3.05, 3.63) is 29.6 Å². The molecule has 13 heavy (non-hydrogen) atoms. The number of hydrogen-bond acceptors (Lipinski definition) is 1. The van der Waals surface area contributed by atoms with E-state index >= 15 is 0 Å². The van der Waals surface area contributed by atoms with E-state index < -0.39 is 0 Å². The standard InChI is InChI=1S/C10H12FN.Co/c1-7(2)9-5-4-8(12-3)6-10(9)11;/h3-7,12H,1-2H3;. The van der Waals surface area contributed by atoms with Crippen LogP contribution in [-0.4, -0.2) is 5.08 Å². The van der Waals surface area contributed by atoms with Crippen molar-refractivity contribution in [2.75, 3.05) is 5.32 Å². The molecule has 0 atom stereocenters. The van der Waals surface area contributed by atoms with Crippen molar-refractivity contribution in [2.45, 2.75) is 19.8 Å². The van der Waals surface area contributed by atoms with Gasteiger partial charge in [-0.05, 0) is 0 Å². The average molecular weight is 224 g/mol. The molecule has 0 radical (unpaired) electrons. The molecule has 0 unspecified atom stereocenters. The van der Waals surface area contributed by atoms with Gasteiger partial charge in [-0.3, -0.25) is 0 Å². The molecule has 0 aliphatic carbocycles. The molecule has 0 heterocycles. The molecule has 3 heteroatoms. The van der Waals surface area contributed by atoms with Gasteiger partial charge in [0.05, 0.1) is 0 Å². The quantitative estimate of drug-likeness (QED) is 0.832. The molecule has 0 aromatic heterocycles. The van der Waals surface area contributed by atoms with E-state index in [-0.39, 0.29) is 11.7 Å². The second-order valence-electron chi connectivity index (χ2n) is 3.13. The molecule has 0 saturated heterocycles. The van der Waals surface area contributed by atoms with E-state index in [4.69, 9.17) is 0 Å². The Morgan fingerprint density at radius 2 is 2.15 bits per heavy atom. The third kappa shape index (κ3) is 2.64. The maximum atomic E-state index is 13.3. The van der Waals surface area contributed by atoms with Gasteiger partial charge in [-0.15, -0.1) is 0 Å². The van der Waals surface area contributed by atoms with Crippen LogP contribution in [0.3, 0.4) is 0 Å². The summed E-state index contributed by atoms with van der Waals surface area (Å²) in [5, 5.41) is 4.28. The molecule has 73 valence electrons. The van der Waals surface area contributed by atoms with Crippen LogP contribution in [0.5, 0.6) is 0 Å². The zero-order valence-corrected chi connectivity index (χ0v) is 8.64. The molecular weight excluding hydrogens is 212 g/mol. The van der Waals surface area contributed by atoms with Crippen LogP contribution in [0, 0.1) is 5.82 Å². The minimum absolute atomic E-state index is 0.172. The first-order chi connectivity index (χ1) is 6.15. The van der Waals surface area contributed by atoms with E-state index in [0.717, 1.165) is 11.3 Å². The molecule has 0 amide bonds. The Balaban J connectivity index is 2.98. The van der Waals surface area contributed by atoms with E-state index in [0.29, 0.717) is 0 Å². The summed E-state index contributed by atoms with van der Waals surface area (Å²) in [6, 6.07) is 5.10. The van der Waals surface area contributed by atoms with Crippen molar-refractivity contribution in [3.8, 4) is 0 Å². The number of halogens is 1. The zero-order chi connectivity index (χ0) is 9.84. The molecule has 0 aliphatic rings. The number of benzene rings is 1. The zero-order valence-electron chi connectivity index (χ0n) is 7.60. The number of nitrogens with one attached hydrogen (secondary N) is 1. The van der Waals surface area contributed by atoms with Crippen LogP contribution in [-0.2, 0) is 15.3 Å². The summed E-state index contributed by atoms with van der Waals surface area (Å²) in [5.41, 5.74) is 1.46. The maximum absolute atomic E-state index is 13.3. The van der Waals surface area contributed by atoms with Crippen LogP contribution < -0.4 is 5.32 Å². The summed E-state index contributed by atoms with van der Waals surface area (Å²) in [6.45, 7) is 3.94. The summed E-state index contributed by atoms with van der Waals surface area (Å²) in [4.78, 5) is 0. The van der Waals surface area contributed by atoms with Crippen molar-refractivity contribution >= 4 is 10.8 Å². The molecule has 0 spiro atoms. The molecule has 1 rings (SSSR count). The first-order valence-electron chi connectivity index (χ1n) is 4.10. The van der Waals surface area contributed by atoms with Gasteiger partial charge >= 0.3 is 85.1 Å². The van der Waals surface area contributed by atoms with Crippen LogP contribution in [0.2, 0.25) is 0 Å². The van der Waals surface area contributed by atoms with E-state index in [1.807, 2.05) is 19.9 Å². The number of hydrogen-bond donors (Lipinski definition) is 1. The van der Waals surface area contributed by atoms with Crippen molar-refractivity contribution in [2.24, 2.45) is 0 Å². The predicted octanol–water partition coefficient (Wildman–Crippen LogP) is 2.67. The normalized spacial score (nSPS) is 10.2. The molecule has 1 N–H and O–H groups in total. The summed E-state index contributed by atoms with van der Waals surface area (Å²) in [5.74, 6) is 0.0444. The number of rotatable bonds is 3. The molecule has 0 aliphatic heterocycles. The van der Waals surface area contributed by atoms with Crippen LogP contribution in [0.1, 0.15) is 25.3 Å². The van der Waals surface area contributed by atoms with E-state index in [2.05, 4.69) is 20.6 Å². The average Bonchev–Trinajstić information content (AvgIpc) is 2.04. The van der Waals surface area contributed by atoms with Gasteiger partial charge in [0.15, 0.2) is 0 Å². The second-order valence-corrected chi connectivity index (χ2v) is 3.43. The second kappa shape index (κ2) is 4.53. The van der Waals surface area contributed by atoms with Gasteiger partial charge in [0.2, 0.25) is 0 Å². The first kappa shape index (κ1) is 10.4. The Labute approximate surface area is 85.5 Å². The fourth-order valence-corrected chi connectivity index (χ4v) is 1.31. The Morgan fingerprint density at radius 1 is 1.46 bits per heavy atom. The van der Waals surface area contributed by atoms with E-state index in [1.165, 1.54) is 11.1 Å². The molecule has 0 fully saturated rings. The van der Waals surface area contributed by atoms with Gasteiger partial charge in [0.25, 0.3) is 0 Å². The Hall–Kier alpha value is -0.674. The van der Waals surface area contributed by atoms with Crippen molar-refractivity contribution in [3.63, 3.8) is 0 Å². The Morgan fingerprint density at radius 3 is 2.62 bits per heavy atom. The monoisotopic (exact) mass is 224 g/mol. The van der Waals surface area contributed by atoms with Crippen LogP contribution in [0.4, 0.5) is 10.1 Å². The molecule has 1 aromatic carbocycles. The van der Waals surface area contributed by atoms with E-state index in [1.54, 1.807) is 6.07 Å². The fourth-order valence-electron chi connectivity index (χ4n) is 1.14. The predicted molar refractivity (Wildman–Crippen MR) is 50.2 cm³/mol. The molecule has 1 aromatic rings. The molecule has 0 bridgehead atoms. The Bertz CT molecular complexity index is 310. The van der Waals surface area contributed by atoms with Crippen LogP contribution >= 0.6 is 0 Å². The topological polar surface area (TPSA) is 12.0 Å². The summed E-state index contributed by atoms with van der Waals surface area (Å²) in [6.07, 6.45) is 0. The van der Waals surface area contributed by atoms with Crippen molar-refractivity contribution < 1.29 is 19.7 Å². The van der Waals surface area contributed by atoms with Gasteiger partial charge < -0.3 is 0 Å². The molecule has 1 nitrogen and oxygen atoms in total. The molecule has 0 saturated carbocycles. The van der Waals surface area contributed by atoms with Crippen LogP contribution in [0.25, 0.3) is 0 Å². The Kier molecular flexibility index (Phi) is 3.63. The third-order valence-electron chi connectivity index (χ3n) is 1.84. The van der Waals surface area contributed by atoms with Crippen molar-refractivity contribution in [1.82, 2.24) is 0 Å². The van der Waals surface area contributed by atoms with Gasteiger partial charge in [-0.25, -0.2) is 0 Å². The van der Waals surface area contributed by atoms with Crippen LogP contribution in [0.15, 0.2) is 18.2 Å². The summed E-state index contributed by atoms with van der Waals surface area (Å²) >= 11 is 3.92. The molecular formula is C10H12CoFN. The fraction of sp³-hybridized carbons (Fsp3) is 0.300. The minimum atomic E-state index is -0.172. The first-order valence-corrected chi connectivity index (χ1v) is 4.70. The van der Waals surface area contributed by atoms with E-state index in [9.17, 15) is 4.39 Å². The summed E-state index contributed by atoms with van der Waals surface area (Å²) in [7, 11) is 0. The van der Waals surface area contributed by atoms with Gasteiger partial charge in [-0.1, -0.05) is 0 Å². The SMILES string of the molecule is CC(C)c1ccc(N[CH]=[Co])cc1F. The van der Waals surface area contributed by atoms with Gasteiger partial charge in [0.1, 0.15) is 0 Å². The summed E-state index contributed by atoms with van der Waals surface area (Å²) < 4.78 is 13.3. The van der Waals surface area contributed by atoms with Gasteiger partial charge in [0, 0.05) is 0 Å². The van der Waals surface area contributed by atoms with Gasteiger partial charge in [-0.2, -0.15) is 0 Å². The van der Waals surface area contributed by atoms with Crippen molar-refractivity contribution in [1.29, 1.82) is 0 Å².